The first kappa shape index (κ1) is 22.6. The number of nitrogens with zero attached hydrogens (tertiary/aromatic N) is 4. The van der Waals surface area contributed by atoms with Gasteiger partial charge in [0.1, 0.15) is 0 Å². The molecule has 0 aliphatic carbocycles. The van der Waals surface area contributed by atoms with Crippen molar-refractivity contribution in [2.45, 2.75) is 17.7 Å². The van der Waals surface area contributed by atoms with Crippen LogP contribution >= 0.6 is 0 Å². The van der Waals surface area contributed by atoms with E-state index in [4.69, 9.17) is 10.5 Å². The van der Waals surface area contributed by atoms with Gasteiger partial charge in [0, 0.05) is 44.8 Å². The summed E-state index contributed by atoms with van der Waals surface area (Å²) in [6.07, 6.45) is 3.25. The molecule has 3 N–H and O–H groups in total. The van der Waals surface area contributed by atoms with Crippen LogP contribution in [0.2, 0.25) is 0 Å². The minimum absolute atomic E-state index is 0.0471. The molecule has 0 atom stereocenters. The Balaban J connectivity index is 1.44. The molecule has 2 aliphatic rings. The number of nitrogen functional groups attached to an aromatic ring is 1. The molecule has 0 unspecified atom stereocenters. The van der Waals surface area contributed by atoms with E-state index in [1.54, 1.807) is 24.3 Å². The molecule has 2 aromatic rings. The van der Waals surface area contributed by atoms with Gasteiger partial charge in [-0.05, 0) is 25.0 Å². The number of aromatic nitrogens is 2. The third-order valence-electron chi connectivity index (χ3n) is 5.69. The molecule has 0 spiro atoms. The van der Waals surface area contributed by atoms with Gasteiger partial charge in [-0.25, -0.2) is 18.4 Å². The fourth-order valence-electron chi connectivity index (χ4n) is 3.82. The van der Waals surface area contributed by atoms with Gasteiger partial charge in [0.05, 0.1) is 30.0 Å². The molecule has 172 valence electrons. The van der Waals surface area contributed by atoms with Gasteiger partial charge in [-0.1, -0.05) is 12.1 Å². The normalized spacial score (nSPS) is 18.0. The SMILES string of the molecule is Nc1ncc(-c2ccc(S(=O)(=O)N3CCCC3)cc2)nc1C(=O)NCCN1CCOCC1. The van der Waals surface area contributed by atoms with Crippen molar-refractivity contribution in [3.05, 3.63) is 36.2 Å². The topological polar surface area (TPSA) is 131 Å². The zero-order valence-electron chi connectivity index (χ0n) is 17.9. The van der Waals surface area contributed by atoms with Crippen molar-refractivity contribution in [2.24, 2.45) is 0 Å². The van der Waals surface area contributed by atoms with Gasteiger partial charge >= 0.3 is 0 Å². The lowest BCUT2D eigenvalue weighted by atomic mass is 10.1. The third-order valence-corrected chi connectivity index (χ3v) is 7.60. The van der Waals surface area contributed by atoms with Gasteiger partial charge in [-0.2, -0.15) is 4.31 Å². The van der Waals surface area contributed by atoms with Crippen molar-refractivity contribution in [1.29, 1.82) is 0 Å². The summed E-state index contributed by atoms with van der Waals surface area (Å²) in [4.78, 5) is 23.6. The highest BCUT2D eigenvalue weighted by Gasteiger charge is 2.27. The smallest absolute Gasteiger partial charge is 0.273 e. The Kier molecular flexibility index (Phi) is 6.99. The van der Waals surface area contributed by atoms with E-state index in [1.807, 2.05) is 0 Å². The summed E-state index contributed by atoms with van der Waals surface area (Å²) in [5.74, 6) is -0.343. The quantitative estimate of drug-likeness (QED) is 0.613. The molecule has 32 heavy (non-hydrogen) atoms. The van der Waals surface area contributed by atoms with E-state index in [-0.39, 0.29) is 16.4 Å². The minimum Gasteiger partial charge on any atom is -0.382 e. The highest BCUT2D eigenvalue weighted by Crippen LogP contribution is 2.24. The maximum Gasteiger partial charge on any atom is 0.273 e. The summed E-state index contributed by atoms with van der Waals surface area (Å²) in [6, 6.07) is 6.46. The molecule has 0 bridgehead atoms. The van der Waals surface area contributed by atoms with Crippen molar-refractivity contribution in [1.82, 2.24) is 24.5 Å². The van der Waals surface area contributed by atoms with Gasteiger partial charge in [-0.15, -0.1) is 0 Å². The Labute approximate surface area is 187 Å². The molecule has 4 rings (SSSR count). The van der Waals surface area contributed by atoms with Crippen molar-refractivity contribution >= 4 is 21.7 Å². The number of nitrogens with two attached hydrogens (primary N) is 1. The molecule has 1 aromatic heterocycles. The lowest BCUT2D eigenvalue weighted by Gasteiger charge is -2.26. The third kappa shape index (κ3) is 5.07. The predicted molar refractivity (Wildman–Crippen MR) is 119 cm³/mol. The monoisotopic (exact) mass is 460 g/mol. The van der Waals surface area contributed by atoms with Crippen LogP contribution in [0.25, 0.3) is 11.3 Å². The highest BCUT2D eigenvalue weighted by atomic mass is 32.2. The van der Waals surface area contributed by atoms with E-state index in [9.17, 15) is 13.2 Å². The Hall–Kier alpha value is -2.60. The molecular formula is C21H28N6O4S. The molecular weight excluding hydrogens is 432 g/mol. The molecule has 3 heterocycles. The zero-order valence-corrected chi connectivity index (χ0v) is 18.7. The molecule has 10 nitrogen and oxygen atoms in total. The Bertz CT molecular complexity index is 1050. The summed E-state index contributed by atoms with van der Waals surface area (Å²) in [6.45, 7) is 5.38. The van der Waals surface area contributed by atoms with Crippen LogP contribution in [0.4, 0.5) is 5.82 Å². The average molecular weight is 461 g/mol. The number of benzene rings is 1. The molecule has 1 aromatic carbocycles. The van der Waals surface area contributed by atoms with E-state index in [1.165, 1.54) is 10.5 Å². The fourth-order valence-corrected chi connectivity index (χ4v) is 5.33. The van der Waals surface area contributed by atoms with Gasteiger partial charge in [-0.3, -0.25) is 9.69 Å². The molecule has 2 saturated heterocycles. The van der Waals surface area contributed by atoms with E-state index < -0.39 is 15.9 Å². The zero-order chi connectivity index (χ0) is 22.6. The number of hydrogen-bond donors (Lipinski definition) is 2. The number of carbonyl (C=O) groups excluding carboxylic acids is 1. The molecule has 11 heteroatoms. The number of morpholine rings is 1. The number of rotatable bonds is 7. The lowest BCUT2D eigenvalue weighted by molar-refractivity contribution is 0.0383. The molecule has 2 fully saturated rings. The second-order valence-corrected chi connectivity index (χ2v) is 9.77. The van der Waals surface area contributed by atoms with Crippen LogP contribution < -0.4 is 11.1 Å². The van der Waals surface area contributed by atoms with Crippen LogP contribution in [0.3, 0.4) is 0 Å². The number of carbonyl (C=O) groups is 1. The van der Waals surface area contributed by atoms with Crippen LogP contribution in [0.15, 0.2) is 35.4 Å². The fraction of sp³-hybridized carbons (Fsp3) is 0.476. The van der Waals surface area contributed by atoms with Crippen molar-refractivity contribution < 1.29 is 17.9 Å². The first-order valence-corrected chi connectivity index (χ1v) is 12.2. The standard InChI is InChI=1S/C21H28N6O4S/c22-20-19(21(28)23-7-10-26-11-13-31-14-12-26)25-18(15-24-20)16-3-5-17(6-4-16)32(29,30)27-8-1-2-9-27/h3-6,15H,1-2,7-14H2,(H2,22,24)(H,23,28). The van der Waals surface area contributed by atoms with Crippen LogP contribution in [0, 0.1) is 0 Å². The first-order chi connectivity index (χ1) is 15.4. The molecule has 0 radical (unpaired) electrons. The number of hydrogen-bond acceptors (Lipinski definition) is 8. The molecule has 0 saturated carbocycles. The summed E-state index contributed by atoms with van der Waals surface area (Å²) in [7, 11) is -3.48. The Morgan fingerprint density at radius 3 is 2.47 bits per heavy atom. The van der Waals surface area contributed by atoms with Crippen molar-refractivity contribution in [3.8, 4) is 11.3 Å². The van der Waals surface area contributed by atoms with E-state index >= 15 is 0 Å². The van der Waals surface area contributed by atoms with Crippen LogP contribution in [0.5, 0.6) is 0 Å². The maximum absolute atomic E-state index is 12.7. The van der Waals surface area contributed by atoms with Crippen molar-refractivity contribution in [3.63, 3.8) is 0 Å². The lowest BCUT2D eigenvalue weighted by Crippen LogP contribution is -2.41. The summed E-state index contributed by atoms with van der Waals surface area (Å²) in [5, 5.41) is 2.84. The minimum atomic E-state index is -3.48. The number of anilines is 1. The number of nitrogens with one attached hydrogen (secondary N) is 1. The first-order valence-electron chi connectivity index (χ1n) is 10.8. The van der Waals surface area contributed by atoms with Gasteiger partial charge in [0.15, 0.2) is 11.5 Å². The average Bonchev–Trinajstić information content (AvgIpc) is 3.36. The summed E-state index contributed by atoms with van der Waals surface area (Å²) < 4.78 is 32.2. The van der Waals surface area contributed by atoms with E-state index in [0.29, 0.717) is 44.1 Å². The largest absolute Gasteiger partial charge is 0.382 e. The summed E-state index contributed by atoms with van der Waals surface area (Å²) in [5.41, 5.74) is 7.04. The van der Waals surface area contributed by atoms with Crippen LogP contribution in [-0.2, 0) is 14.8 Å². The molecule has 1 amide bonds. The Morgan fingerprint density at radius 1 is 1.09 bits per heavy atom. The second-order valence-electron chi connectivity index (χ2n) is 7.83. The number of ether oxygens (including phenoxy) is 1. The van der Waals surface area contributed by atoms with Crippen molar-refractivity contribution in [2.75, 3.05) is 58.2 Å². The molecule has 2 aliphatic heterocycles. The summed E-state index contributed by atoms with van der Waals surface area (Å²) >= 11 is 0. The van der Waals surface area contributed by atoms with Crippen LogP contribution in [-0.4, -0.2) is 86.0 Å². The number of amides is 1. The number of sulfonamides is 1. The Morgan fingerprint density at radius 2 is 1.78 bits per heavy atom. The second kappa shape index (κ2) is 9.90. The predicted octanol–water partition coefficient (Wildman–Crippen LogP) is 0.572. The maximum atomic E-state index is 12.7. The van der Waals surface area contributed by atoms with Gasteiger partial charge < -0.3 is 15.8 Å². The van der Waals surface area contributed by atoms with E-state index in [2.05, 4.69) is 20.2 Å². The van der Waals surface area contributed by atoms with E-state index in [0.717, 1.165) is 32.5 Å². The van der Waals surface area contributed by atoms with Gasteiger partial charge in [0.2, 0.25) is 10.0 Å². The van der Waals surface area contributed by atoms with Crippen LogP contribution in [0.1, 0.15) is 23.3 Å². The van der Waals surface area contributed by atoms with Gasteiger partial charge in [0.25, 0.3) is 5.91 Å². The highest BCUT2D eigenvalue weighted by molar-refractivity contribution is 7.89.